The minimum Gasteiger partial charge on any atom is -0.469 e. The van der Waals surface area contributed by atoms with Gasteiger partial charge in [-0.15, -0.1) is 0 Å². The van der Waals surface area contributed by atoms with Crippen LogP contribution in [-0.2, 0) is 38.1 Å². The molecule has 0 spiro atoms. The smallest absolute Gasteiger partial charge is 0.324 e. The van der Waals surface area contributed by atoms with Gasteiger partial charge in [0.25, 0.3) is 0 Å². The molecule has 0 aromatic heterocycles. The first-order chi connectivity index (χ1) is 8.87. The molecule has 108 valence electrons. The van der Waals surface area contributed by atoms with Crippen LogP contribution in [0.4, 0.5) is 0 Å². The van der Waals surface area contributed by atoms with E-state index >= 15 is 0 Å². The molecular formula is C11H16O8. The topological polar surface area (TPSA) is 105 Å². The Morgan fingerprint density at radius 3 is 1.21 bits per heavy atom. The van der Waals surface area contributed by atoms with Crippen LogP contribution in [0.5, 0.6) is 0 Å². The van der Waals surface area contributed by atoms with Crippen molar-refractivity contribution >= 4 is 23.9 Å². The maximum Gasteiger partial charge on any atom is 0.324 e. The Morgan fingerprint density at radius 1 is 0.684 bits per heavy atom. The highest BCUT2D eigenvalue weighted by molar-refractivity contribution is 6.05. The van der Waals surface area contributed by atoms with Crippen molar-refractivity contribution in [2.75, 3.05) is 28.4 Å². The Morgan fingerprint density at radius 2 is 1.00 bits per heavy atom. The van der Waals surface area contributed by atoms with E-state index in [0.717, 1.165) is 28.4 Å². The highest BCUT2D eigenvalue weighted by Gasteiger charge is 2.52. The summed E-state index contributed by atoms with van der Waals surface area (Å²) in [5.74, 6) is -3.87. The average molecular weight is 276 g/mol. The van der Waals surface area contributed by atoms with Gasteiger partial charge in [0.15, 0.2) is 5.41 Å². The lowest BCUT2D eigenvalue weighted by Crippen LogP contribution is -2.45. The number of methoxy groups -OCH3 is 4. The molecule has 0 aliphatic heterocycles. The van der Waals surface area contributed by atoms with Crippen LogP contribution < -0.4 is 0 Å². The Balaban J connectivity index is 5.57. The molecule has 0 rings (SSSR count). The maximum atomic E-state index is 11.8. The van der Waals surface area contributed by atoms with Gasteiger partial charge in [-0.3, -0.25) is 19.2 Å². The van der Waals surface area contributed by atoms with Gasteiger partial charge in [0.2, 0.25) is 0 Å². The number of carbonyl (C=O) groups is 4. The summed E-state index contributed by atoms with van der Waals surface area (Å²) in [5.41, 5.74) is -2.11. The van der Waals surface area contributed by atoms with E-state index in [2.05, 4.69) is 18.9 Å². The third kappa shape index (κ3) is 3.94. The van der Waals surface area contributed by atoms with Crippen molar-refractivity contribution in [3.63, 3.8) is 0 Å². The molecule has 0 amide bonds. The third-order valence-electron chi connectivity index (χ3n) is 2.50. The monoisotopic (exact) mass is 276 g/mol. The van der Waals surface area contributed by atoms with Crippen LogP contribution in [-0.4, -0.2) is 52.3 Å². The van der Waals surface area contributed by atoms with E-state index in [1.165, 1.54) is 0 Å². The Hall–Kier alpha value is -2.12. The van der Waals surface area contributed by atoms with Crippen LogP contribution in [0.25, 0.3) is 0 Å². The van der Waals surface area contributed by atoms with E-state index < -0.39 is 42.1 Å². The largest absolute Gasteiger partial charge is 0.469 e. The Bertz CT molecular complexity index is 337. The molecule has 0 heterocycles. The van der Waals surface area contributed by atoms with Gasteiger partial charge >= 0.3 is 23.9 Å². The molecule has 0 aliphatic rings. The van der Waals surface area contributed by atoms with E-state index in [0.29, 0.717) is 0 Å². The summed E-state index contributed by atoms with van der Waals surface area (Å²) in [5, 5.41) is 0. The number of esters is 4. The van der Waals surface area contributed by atoms with E-state index in [1.54, 1.807) is 0 Å². The number of carbonyl (C=O) groups excluding carboxylic acids is 4. The standard InChI is InChI=1S/C11H16O8/c1-16-7(12)5-11(9(14)18-3,10(15)19-4)6-8(13)17-2/h5-6H2,1-4H3. The Kier molecular flexibility index (Phi) is 6.53. The molecule has 19 heavy (non-hydrogen) atoms. The molecule has 0 saturated heterocycles. The summed E-state index contributed by atoms with van der Waals surface area (Å²) in [6.45, 7) is 0. The second-order valence-electron chi connectivity index (χ2n) is 3.57. The number of rotatable bonds is 6. The first kappa shape index (κ1) is 16.9. The molecule has 0 atom stereocenters. The van der Waals surface area contributed by atoms with Gasteiger partial charge < -0.3 is 18.9 Å². The Labute approximate surface area is 109 Å². The molecule has 8 heteroatoms. The van der Waals surface area contributed by atoms with E-state index in [9.17, 15) is 19.2 Å². The minimum absolute atomic E-state index is 0.683. The first-order valence-corrected chi connectivity index (χ1v) is 5.18. The van der Waals surface area contributed by atoms with Gasteiger partial charge in [0.05, 0.1) is 41.3 Å². The summed E-state index contributed by atoms with van der Waals surface area (Å²) >= 11 is 0. The normalized spacial score (nSPS) is 10.3. The zero-order valence-electron chi connectivity index (χ0n) is 11.2. The van der Waals surface area contributed by atoms with Crippen LogP contribution >= 0.6 is 0 Å². The lowest BCUT2D eigenvalue weighted by molar-refractivity contribution is -0.178. The van der Waals surface area contributed by atoms with E-state index in [-0.39, 0.29) is 0 Å². The van der Waals surface area contributed by atoms with Crippen LogP contribution in [0.2, 0.25) is 0 Å². The van der Waals surface area contributed by atoms with Crippen LogP contribution in [0.3, 0.4) is 0 Å². The first-order valence-electron chi connectivity index (χ1n) is 5.18. The molecule has 0 saturated carbocycles. The van der Waals surface area contributed by atoms with Gasteiger partial charge in [-0.1, -0.05) is 0 Å². The quantitative estimate of drug-likeness (QED) is 0.361. The van der Waals surface area contributed by atoms with Crippen LogP contribution in [0.15, 0.2) is 0 Å². The van der Waals surface area contributed by atoms with Crippen molar-refractivity contribution in [3.05, 3.63) is 0 Å². The molecule has 0 fully saturated rings. The third-order valence-corrected chi connectivity index (χ3v) is 2.50. The molecule has 0 radical (unpaired) electrons. The van der Waals surface area contributed by atoms with Crippen LogP contribution in [0.1, 0.15) is 12.8 Å². The maximum absolute atomic E-state index is 11.8. The lowest BCUT2D eigenvalue weighted by Gasteiger charge is -2.25. The van der Waals surface area contributed by atoms with E-state index in [1.807, 2.05) is 0 Å². The summed E-state index contributed by atoms with van der Waals surface area (Å²) in [6, 6.07) is 0. The zero-order valence-corrected chi connectivity index (χ0v) is 11.2. The van der Waals surface area contributed by atoms with Crippen molar-refractivity contribution in [1.82, 2.24) is 0 Å². The fourth-order valence-electron chi connectivity index (χ4n) is 1.46. The summed E-state index contributed by atoms with van der Waals surface area (Å²) in [7, 11) is 4.21. The van der Waals surface area contributed by atoms with Gasteiger partial charge in [-0.2, -0.15) is 0 Å². The summed E-state index contributed by atoms with van der Waals surface area (Å²) in [4.78, 5) is 46.3. The highest BCUT2D eigenvalue weighted by Crippen LogP contribution is 2.31. The van der Waals surface area contributed by atoms with Crippen LogP contribution in [0, 0.1) is 5.41 Å². The predicted molar refractivity (Wildman–Crippen MR) is 59.7 cm³/mol. The zero-order chi connectivity index (χ0) is 15.1. The fourth-order valence-corrected chi connectivity index (χ4v) is 1.46. The fraction of sp³-hybridized carbons (Fsp3) is 0.636. The molecule has 0 aromatic carbocycles. The van der Waals surface area contributed by atoms with Crippen molar-refractivity contribution in [3.8, 4) is 0 Å². The van der Waals surface area contributed by atoms with E-state index in [4.69, 9.17) is 0 Å². The van der Waals surface area contributed by atoms with Gasteiger partial charge in [0.1, 0.15) is 0 Å². The number of hydrogen-bond acceptors (Lipinski definition) is 8. The molecule has 0 aliphatic carbocycles. The summed E-state index contributed by atoms with van der Waals surface area (Å²) in [6.07, 6.45) is -1.37. The molecule has 0 unspecified atom stereocenters. The van der Waals surface area contributed by atoms with Gasteiger partial charge in [0, 0.05) is 0 Å². The van der Waals surface area contributed by atoms with Crippen molar-refractivity contribution in [2.24, 2.45) is 5.41 Å². The minimum atomic E-state index is -2.11. The van der Waals surface area contributed by atoms with Gasteiger partial charge in [-0.05, 0) is 0 Å². The number of hydrogen-bond donors (Lipinski definition) is 0. The predicted octanol–water partition coefficient (Wildman–Crippen LogP) is -0.555. The summed E-state index contributed by atoms with van der Waals surface area (Å²) < 4.78 is 17.8. The lowest BCUT2D eigenvalue weighted by atomic mass is 9.81. The second-order valence-corrected chi connectivity index (χ2v) is 3.57. The molecule has 0 aromatic rings. The SMILES string of the molecule is COC(=O)CC(CC(=O)OC)(C(=O)OC)C(=O)OC. The second kappa shape index (κ2) is 7.34. The number of ether oxygens (including phenoxy) is 4. The average Bonchev–Trinajstić information content (AvgIpc) is 2.43. The molecule has 8 nitrogen and oxygen atoms in total. The van der Waals surface area contributed by atoms with Gasteiger partial charge in [-0.25, -0.2) is 0 Å². The molecular weight excluding hydrogens is 260 g/mol. The van der Waals surface area contributed by atoms with Crippen molar-refractivity contribution in [1.29, 1.82) is 0 Å². The molecule has 0 N–H and O–H groups in total. The van der Waals surface area contributed by atoms with Crippen molar-refractivity contribution < 1.29 is 38.1 Å². The molecule has 0 bridgehead atoms. The highest BCUT2D eigenvalue weighted by atomic mass is 16.6. The van der Waals surface area contributed by atoms with Crippen molar-refractivity contribution in [2.45, 2.75) is 12.8 Å².